The van der Waals surface area contributed by atoms with E-state index in [1.807, 2.05) is 31.2 Å². The molecule has 1 aromatic rings. The number of aromatic nitrogens is 1. The SMILES string of the molecule is C=c1cc(N)[nH]/c1=C/C=C\C. The Morgan fingerprint density at radius 2 is 2.36 bits per heavy atom. The number of rotatable bonds is 1. The lowest BCUT2D eigenvalue weighted by atomic mass is 10.4. The van der Waals surface area contributed by atoms with Crippen LogP contribution in [0.2, 0.25) is 0 Å². The first kappa shape index (κ1) is 7.66. The van der Waals surface area contributed by atoms with Gasteiger partial charge in [-0.1, -0.05) is 18.7 Å². The third-order valence-electron chi connectivity index (χ3n) is 1.41. The second-order valence-electron chi connectivity index (χ2n) is 2.36. The van der Waals surface area contributed by atoms with Crippen molar-refractivity contribution in [3.63, 3.8) is 0 Å². The normalized spacial score (nSPS) is 13.0. The summed E-state index contributed by atoms with van der Waals surface area (Å²) in [4.78, 5) is 2.99. The summed E-state index contributed by atoms with van der Waals surface area (Å²) in [5.41, 5.74) is 5.51. The molecular formula is C9H12N2. The third kappa shape index (κ3) is 1.74. The van der Waals surface area contributed by atoms with Gasteiger partial charge in [-0.3, -0.25) is 0 Å². The van der Waals surface area contributed by atoms with Gasteiger partial charge in [0, 0.05) is 5.35 Å². The Kier molecular flexibility index (Phi) is 2.16. The fourth-order valence-corrected chi connectivity index (χ4v) is 0.878. The molecule has 1 rings (SSSR count). The zero-order valence-electron chi connectivity index (χ0n) is 6.59. The summed E-state index contributed by atoms with van der Waals surface area (Å²) in [5.74, 6) is 0.658. The molecule has 0 aliphatic carbocycles. The molecule has 0 saturated heterocycles. The fraction of sp³-hybridized carbons (Fsp3) is 0.111. The van der Waals surface area contributed by atoms with Crippen LogP contribution in [0, 0.1) is 0 Å². The Labute approximate surface area is 65.7 Å². The van der Waals surface area contributed by atoms with Crippen LogP contribution in [0.1, 0.15) is 6.92 Å². The molecule has 0 radical (unpaired) electrons. The highest BCUT2D eigenvalue weighted by atomic mass is 14.8. The summed E-state index contributed by atoms with van der Waals surface area (Å²) in [7, 11) is 0. The first-order valence-electron chi connectivity index (χ1n) is 3.50. The van der Waals surface area contributed by atoms with E-state index in [2.05, 4.69) is 11.6 Å². The van der Waals surface area contributed by atoms with Crippen LogP contribution in [-0.2, 0) is 0 Å². The number of H-pyrrole nitrogens is 1. The minimum absolute atomic E-state index is 0.658. The van der Waals surface area contributed by atoms with Crippen LogP contribution in [0.25, 0.3) is 12.7 Å². The van der Waals surface area contributed by atoms with Gasteiger partial charge >= 0.3 is 0 Å². The quantitative estimate of drug-likeness (QED) is 0.593. The molecule has 11 heavy (non-hydrogen) atoms. The summed E-state index contributed by atoms with van der Waals surface area (Å²) in [5, 5.41) is 1.90. The van der Waals surface area contributed by atoms with Crippen molar-refractivity contribution in [3.8, 4) is 0 Å². The molecule has 0 unspecified atom stereocenters. The first-order valence-corrected chi connectivity index (χ1v) is 3.50. The van der Waals surface area contributed by atoms with Crippen LogP contribution in [0.5, 0.6) is 0 Å². The van der Waals surface area contributed by atoms with Crippen LogP contribution in [0.15, 0.2) is 18.2 Å². The molecule has 0 bridgehead atoms. The number of anilines is 1. The molecule has 0 spiro atoms. The van der Waals surface area contributed by atoms with E-state index in [0.717, 1.165) is 10.6 Å². The van der Waals surface area contributed by atoms with Crippen molar-refractivity contribution >= 4 is 18.5 Å². The highest BCUT2D eigenvalue weighted by Gasteiger charge is 1.85. The van der Waals surface area contributed by atoms with Crippen LogP contribution in [-0.4, -0.2) is 4.98 Å². The van der Waals surface area contributed by atoms with E-state index in [4.69, 9.17) is 5.73 Å². The molecule has 3 N–H and O–H groups in total. The molecule has 0 amide bonds. The molecule has 0 aromatic carbocycles. The van der Waals surface area contributed by atoms with Crippen molar-refractivity contribution in [2.45, 2.75) is 6.92 Å². The molecule has 58 valence electrons. The summed E-state index contributed by atoms with van der Waals surface area (Å²) in [6.45, 7) is 5.78. The minimum atomic E-state index is 0.658. The number of allylic oxidation sites excluding steroid dienone is 2. The predicted octanol–water partition coefficient (Wildman–Crippen LogP) is 0.364. The van der Waals surface area contributed by atoms with Gasteiger partial charge in [0.05, 0.1) is 0 Å². The number of hydrogen-bond acceptors (Lipinski definition) is 1. The highest BCUT2D eigenvalue weighted by Crippen LogP contribution is 1.81. The lowest BCUT2D eigenvalue weighted by Gasteiger charge is -1.77. The van der Waals surface area contributed by atoms with Crippen LogP contribution in [0.3, 0.4) is 0 Å². The second-order valence-corrected chi connectivity index (χ2v) is 2.36. The van der Waals surface area contributed by atoms with Crippen molar-refractivity contribution in [1.29, 1.82) is 0 Å². The molecule has 0 saturated carbocycles. The topological polar surface area (TPSA) is 41.8 Å². The monoisotopic (exact) mass is 148 g/mol. The number of nitrogens with two attached hydrogens (primary N) is 1. The number of hydrogen-bond donors (Lipinski definition) is 2. The number of aromatic amines is 1. The van der Waals surface area contributed by atoms with Crippen molar-refractivity contribution in [1.82, 2.24) is 4.98 Å². The minimum Gasteiger partial charge on any atom is -0.385 e. The number of nitrogens with one attached hydrogen (secondary N) is 1. The predicted molar refractivity (Wildman–Crippen MR) is 49.3 cm³/mol. The van der Waals surface area contributed by atoms with Gasteiger partial charge in [0.2, 0.25) is 0 Å². The van der Waals surface area contributed by atoms with E-state index in [9.17, 15) is 0 Å². The Morgan fingerprint density at radius 3 is 2.82 bits per heavy atom. The zero-order valence-corrected chi connectivity index (χ0v) is 6.59. The number of nitrogen functional groups attached to an aromatic ring is 1. The molecule has 2 heteroatoms. The molecular weight excluding hydrogens is 136 g/mol. The molecule has 1 aromatic heterocycles. The zero-order chi connectivity index (χ0) is 8.27. The summed E-state index contributed by atoms with van der Waals surface area (Å²) in [6.07, 6.45) is 5.84. The van der Waals surface area contributed by atoms with Gasteiger partial charge in [-0.15, -0.1) is 0 Å². The standard InChI is InChI=1S/C9H12N2/c1-3-4-5-8-7(2)6-9(10)11-8/h3-6,11H,2,10H2,1H3/b4-3-,8-5+. The van der Waals surface area contributed by atoms with Crippen LogP contribution >= 0.6 is 0 Å². The smallest absolute Gasteiger partial charge is 0.101 e. The highest BCUT2D eigenvalue weighted by molar-refractivity contribution is 5.40. The van der Waals surface area contributed by atoms with E-state index in [1.165, 1.54) is 0 Å². The summed E-state index contributed by atoms with van der Waals surface area (Å²) in [6, 6.07) is 1.81. The van der Waals surface area contributed by atoms with Crippen molar-refractivity contribution in [2.24, 2.45) is 0 Å². The maximum Gasteiger partial charge on any atom is 0.101 e. The maximum atomic E-state index is 5.51. The fourth-order valence-electron chi connectivity index (χ4n) is 0.878. The van der Waals surface area contributed by atoms with Gasteiger partial charge in [0.25, 0.3) is 0 Å². The lowest BCUT2D eigenvalue weighted by molar-refractivity contribution is 1.32. The van der Waals surface area contributed by atoms with Gasteiger partial charge in [-0.05, 0) is 24.3 Å². The molecule has 0 aliphatic rings. The van der Waals surface area contributed by atoms with Gasteiger partial charge in [-0.2, -0.15) is 0 Å². The lowest BCUT2D eigenvalue weighted by Crippen LogP contribution is -2.19. The molecule has 0 fully saturated rings. The van der Waals surface area contributed by atoms with Gasteiger partial charge in [0.15, 0.2) is 0 Å². The summed E-state index contributed by atoms with van der Waals surface area (Å²) >= 11 is 0. The molecule has 0 atom stereocenters. The molecule has 0 aliphatic heterocycles. The van der Waals surface area contributed by atoms with E-state index >= 15 is 0 Å². The van der Waals surface area contributed by atoms with Crippen LogP contribution in [0.4, 0.5) is 5.82 Å². The average molecular weight is 148 g/mol. The maximum absolute atomic E-state index is 5.51. The van der Waals surface area contributed by atoms with Gasteiger partial charge in [-0.25, -0.2) is 0 Å². The molecule has 1 heterocycles. The first-order chi connectivity index (χ1) is 5.24. The van der Waals surface area contributed by atoms with Crippen molar-refractivity contribution < 1.29 is 0 Å². The van der Waals surface area contributed by atoms with E-state index < -0.39 is 0 Å². The second kappa shape index (κ2) is 3.10. The largest absolute Gasteiger partial charge is 0.385 e. The Hall–Kier alpha value is -1.44. The Morgan fingerprint density at radius 1 is 1.64 bits per heavy atom. The van der Waals surface area contributed by atoms with E-state index in [-0.39, 0.29) is 0 Å². The third-order valence-corrected chi connectivity index (χ3v) is 1.41. The summed E-state index contributed by atoms with van der Waals surface area (Å²) < 4.78 is 0. The van der Waals surface area contributed by atoms with Crippen LogP contribution < -0.4 is 16.3 Å². The molecule has 2 nitrogen and oxygen atoms in total. The average Bonchev–Trinajstić information content (AvgIpc) is 2.26. The van der Waals surface area contributed by atoms with E-state index in [1.54, 1.807) is 0 Å². The Bertz CT molecular complexity index is 357. The van der Waals surface area contributed by atoms with E-state index in [0.29, 0.717) is 5.82 Å². The van der Waals surface area contributed by atoms with Gasteiger partial charge < -0.3 is 10.7 Å². The van der Waals surface area contributed by atoms with Crippen molar-refractivity contribution in [3.05, 3.63) is 28.8 Å². The van der Waals surface area contributed by atoms with Gasteiger partial charge in [0.1, 0.15) is 5.82 Å². The van der Waals surface area contributed by atoms with Crippen molar-refractivity contribution in [2.75, 3.05) is 5.73 Å². The Balaban J connectivity index is 3.23.